The molecule has 0 spiro atoms. The van der Waals surface area contributed by atoms with Crippen LogP contribution in [0, 0.1) is 0 Å². The van der Waals surface area contributed by atoms with E-state index < -0.39 is 0 Å². The average molecular weight is 362 g/mol. The van der Waals surface area contributed by atoms with E-state index in [0.29, 0.717) is 13.1 Å². The van der Waals surface area contributed by atoms with Gasteiger partial charge in [-0.15, -0.1) is 0 Å². The van der Waals surface area contributed by atoms with Gasteiger partial charge in [-0.3, -0.25) is 19.7 Å². The highest BCUT2D eigenvalue weighted by Crippen LogP contribution is 2.30. The fourth-order valence-electron chi connectivity index (χ4n) is 3.56. The van der Waals surface area contributed by atoms with Gasteiger partial charge >= 0.3 is 0 Å². The van der Waals surface area contributed by atoms with Crippen LogP contribution >= 0.6 is 0 Å². The highest BCUT2D eigenvalue weighted by molar-refractivity contribution is 5.83. The zero-order valence-electron chi connectivity index (χ0n) is 15.2. The van der Waals surface area contributed by atoms with Gasteiger partial charge < -0.3 is 9.88 Å². The average Bonchev–Trinajstić information content (AvgIpc) is 3.09. The minimum absolute atomic E-state index is 0.0210. The zero-order chi connectivity index (χ0) is 18.6. The SMILES string of the molecule is Cn1cnc2c1[C@H](C(=O)NCc1cccnc1)N(Cc1cccnc1)CC2. The van der Waals surface area contributed by atoms with Crippen LogP contribution in [0.4, 0.5) is 0 Å². The first kappa shape index (κ1) is 17.4. The lowest BCUT2D eigenvalue weighted by Gasteiger charge is -2.35. The van der Waals surface area contributed by atoms with Crippen LogP contribution in [-0.2, 0) is 31.4 Å². The Bertz CT molecular complexity index is 909. The summed E-state index contributed by atoms with van der Waals surface area (Å²) in [7, 11) is 1.95. The highest BCUT2D eigenvalue weighted by atomic mass is 16.2. The number of pyridine rings is 2. The fraction of sp³-hybridized carbons (Fsp3) is 0.300. The Hall–Kier alpha value is -3.06. The van der Waals surface area contributed by atoms with Gasteiger partial charge in [-0.05, 0) is 23.3 Å². The molecule has 7 heteroatoms. The van der Waals surface area contributed by atoms with Crippen LogP contribution < -0.4 is 5.32 Å². The molecule has 4 rings (SSSR count). The normalized spacial score (nSPS) is 16.7. The van der Waals surface area contributed by atoms with Crippen LogP contribution in [0.3, 0.4) is 0 Å². The molecule has 3 aromatic rings. The van der Waals surface area contributed by atoms with Crippen molar-refractivity contribution in [3.05, 3.63) is 77.9 Å². The molecule has 0 aromatic carbocycles. The first-order valence-corrected chi connectivity index (χ1v) is 9.02. The molecule has 0 unspecified atom stereocenters. The van der Waals surface area contributed by atoms with Crippen LogP contribution in [0.2, 0.25) is 0 Å². The van der Waals surface area contributed by atoms with E-state index in [1.165, 1.54) is 0 Å². The van der Waals surface area contributed by atoms with Crippen LogP contribution in [0.25, 0.3) is 0 Å². The molecule has 7 nitrogen and oxygen atoms in total. The van der Waals surface area contributed by atoms with Gasteiger partial charge in [0.05, 0.1) is 17.7 Å². The van der Waals surface area contributed by atoms with E-state index in [4.69, 9.17) is 0 Å². The monoisotopic (exact) mass is 362 g/mol. The van der Waals surface area contributed by atoms with Crippen molar-refractivity contribution < 1.29 is 4.79 Å². The standard InChI is InChI=1S/C20H22N6O/c1-25-14-24-17-6-9-26(13-16-5-3-8-22-11-16)19(18(17)25)20(27)23-12-15-4-2-7-21-10-15/h2-5,7-8,10-11,14,19H,6,9,12-13H2,1H3,(H,23,27)/t19-/m1/s1. The number of hydrogen-bond acceptors (Lipinski definition) is 5. The fourth-order valence-corrected chi connectivity index (χ4v) is 3.56. The molecule has 0 fully saturated rings. The number of carbonyl (C=O) groups excluding carboxylic acids is 1. The molecular formula is C20H22N6O. The molecule has 0 aliphatic carbocycles. The smallest absolute Gasteiger partial charge is 0.243 e. The second-order valence-electron chi connectivity index (χ2n) is 6.75. The Morgan fingerprint density at radius 1 is 1.19 bits per heavy atom. The lowest BCUT2D eigenvalue weighted by molar-refractivity contribution is -0.127. The summed E-state index contributed by atoms with van der Waals surface area (Å²) in [5.41, 5.74) is 4.04. The molecule has 1 aliphatic heterocycles. The molecule has 0 saturated carbocycles. The molecule has 0 saturated heterocycles. The van der Waals surface area contributed by atoms with Crippen LogP contribution in [0.1, 0.15) is 28.6 Å². The Labute approximate surface area is 158 Å². The molecule has 1 N–H and O–H groups in total. The summed E-state index contributed by atoms with van der Waals surface area (Å²) in [6.45, 7) is 1.91. The first-order valence-electron chi connectivity index (χ1n) is 9.02. The van der Waals surface area contributed by atoms with Gasteiger partial charge in [0.2, 0.25) is 5.91 Å². The maximum Gasteiger partial charge on any atom is 0.243 e. The zero-order valence-corrected chi connectivity index (χ0v) is 15.2. The molecule has 4 heterocycles. The lowest BCUT2D eigenvalue weighted by Crippen LogP contribution is -2.44. The van der Waals surface area contributed by atoms with E-state index in [2.05, 4.69) is 25.2 Å². The summed E-state index contributed by atoms with van der Waals surface area (Å²) >= 11 is 0. The van der Waals surface area contributed by atoms with Crippen molar-refractivity contribution in [2.75, 3.05) is 6.54 Å². The van der Waals surface area contributed by atoms with E-state index in [-0.39, 0.29) is 11.9 Å². The summed E-state index contributed by atoms with van der Waals surface area (Å²) in [4.78, 5) is 28.1. The number of amides is 1. The van der Waals surface area contributed by atoms with E-state index in [0.717, 1.165) is 35.5 Å². The van der Waals surface area contributed by atoms with Gasteiger partial charge in [-0.25, -0.2) is 4.98 Å². The molecule has 1 aliphatic rings. The minimum atomic E-state index is -0.377. The number of carbonyl (C=O) groups is 1. The largest absolute Gasteiger partial charge is 0.350 e. The lowest BCUT2D eigenvalue weighted by atomic mass is 10.0. The molecule has 138 valence electrons. The number of rotatable bonds is 5. The quantitative estimate of drug-likeness (QED) is 0.747. The van der Waals surface area contributed by atoms with Crippen molar-refractivity contribution in [1.29, 1.82) is 0 Å². The molecule has 1 amide bonds. The first-order chi connectivity index (χ1) is 13.2. The highest BCUT2D eigenvalue weighted by Gasteiger charge is 2.35. The summed E-state index contributed by atoms with van der Waals surface area (Å²) in [5.74, 6) is -0.0210. The Morgan fingerprint density at radius 3 is 2.63 bits per heavy atom. The van der Waals surface area contributed by atoms with Crippen molar-refractivity contribution in [3.63, 3.8) is 0 Å². The Balaban J connectivity index is 1.57. The Morgan fingerprint density at radius 2 is 1.93 bits per heavy atom. The third kappa shape index (κ3) is 3.73. The van der Waals surface area contributed by atoms with Crippen molar-refractivity contribution in [2.45, 2.75) is 25.6 Å². The van der Waals surface area contributed by atoms with Gasteiger partial charge in [0.15, 0.2) is 0 Å². The third-order valence-electron chi connectivity index (χ3n) is 4.87. The molecular weight excluding hydrogens is 340 g/mol. The molecule has 1 atom stereocenters. The summed E-state index contributed by atoms with van der Waals surface area (Å²) in [6, 6.07) is 7.41. The number of fused-ring (bicyclic) bond motifs is 1. The second kappa shape index (κ2) is 7.67. The maximum atomic E-state index is 13.2. The topological polar surface area (TPSA) is 75.9 Å². The summed E-state index contributed by atoms with van der Waals surface area (Å²) in [6.07, 6.45) is 9.73. The second-order valence-corrected chi connectivity index (χ2v) is 6.75. The number of aryl methyl sites for hydroxylation is 1. The number of nitrogens with zero attached hydrogens (tertiary/aromatic N) is 5. The number of nitrogens with one attached hydrogen (secondary N) is 1. The van der Waals surface area contributed by atoms with Crippen LogP contribution in [0.15, 0.2) is 55.4 Å². The summed E-state index contributed by atoms with van der Waals surface area (Å²) < 4.78 is 1.96. The summed E-state index contributed by atoms with van der Waals surface area (Å²) in [5, 5.41) is 3.07. The van der Waals surface area contributed by atoms with Crippen LogP contribution in [0.5, 0.6) is 0 Å². The predicted molar refractivity (Wildman–Crippen MR) is 100 cm³/mol. The number of hydrogen-bond donors (Lipinski definition) is 1. The maximum absolute atomic E-state index is 13.2. The molecule has 3 aromatic heterocycles. The molecule has 27 heavy (non-hydrogen) atoms. The van der Waals surface area contributed by atoms with Gasteiger partial charge in [0.1, 0.15) is 6.04 Å². The van der Waals surface area contributed by atoms with E-state index in [1.807, 2.05) is 42.1 Å². The van der Waals surface area contributed by atoms with Gasteiger partial charge in [-0.2, -0.15) is 0 Å². The predicted octanol–water partition coefficient (Wildman–Crippen LogP) is 1.63. The van der Waals surface area contributed by atoms with Crippen molar-refractivity contribution in [2.24, 2.45) is 7.05 Å². The molecule has 0 bridgehead atoms. The van der Waals surface area contributed by atoms with Crippen molar-refractivity contribution in [3.8, 4) is 0 Å². The van der Waals surface area contributed by atoms with Crippen molar-refractivity contribution >= 4 is 5.91 Å². The van der Waals surface area contributed by atoms with Gasteiger partial charge in [-0.1, -0.05) is 12.1 Å². The molecule has 0 radical (unpaired) electrons. The van der Waals surface area contributed by atoms with Gasteiger partial charge in [0.25, 0.3) is 0 Å². The van der Waals surface area contributed by atoms with Crippen LogP contribution in [-0.4, -0.2) is 36.9 Å². The van der Waals surface area contributed by atoms with Gasteiger partial charge in [0, 0.05) is 57.9 Å². The van der Waals surface area contributed by atoms with E-state index in [9.17, 15) is 4.79 Å². The number of aromatic nitrogens is 4. The van der Waals surface area contributed by atoms with Crippen molar-refractivity contribution in [1.82, 2.24) is 29.7 Å². The third-order valence-corrected chi connectivity index (χ3v) is 4.87. The Kier molecular flexibility index (Phi) is 4.93. The van der Waals surface area contributed by atoms with E-state index >= 15 is 0 Å². The number of imidazole rings is 1. The van der Waals surface area contributed by atoms with E-state index in [1.54, 1.807) is 24.9 Å². The minimum Gasteiger partial charge on any atom is -0.350 e.